The number of methoxy groups -OCH3 is 1. The standard InChI is InChI=1S/C23H21N3O5S/c1-13-9-10-32-20(13)21(27)24-16-11-17-18(26(3)23(29)22(28)25(17)2)12-19(16)31-15-7-5-14(30-4)6-8-15/h5-12H,1-4H3,(H,24,27). The number of aromatic nitrogens is 2. The molecule has 0 atom stereocenters. The number of hydrogen-bond donors (Lipinski definition) is 1. The molecule has 0 spiro atoms. The van der Waals surface area contributed by atoms with Crippen LogP contribution >= 0.6 is 11.3 Å². The smallest absolute Gasteiger partial charge is 0.316 e. The Hall–Kier alpha value is -3.85. The van der Waals surface area contributed by atoms with Crippen molar-refractivity contribution in [3.8, 4) is 17.2 Å². The van der Waals surface area contributed by atoms with Crippen molar-refractivity contribution < 1.29 is 14.3 Å². The lowest BCUT2D eigenvalue weighted by molar-refractivity contribution is 0.102. The molecule has 2 aromatic carbocycles. The Balaban J connectivity index is 1.86. The van der Waals surface area contributed by atoms with Crippen LogP contribution in [-0.4, -0.2) is 22.2 Å². The normalized spacial score (nSPS) is 10.9. The van der Waals surface area contributed by atoms with E-state index in [0.717, 1.165) is 5.56 Å². The maximum Gasteiger partial charge on any atom is 0.316 e. The number of benzene rings is 2. The lowest BCUT2D eigenvalue weighted by Gasteiger charge is -2.16. The SMILES string of the molecule is COc1ccc(Oc2cc3c(cc2NC(=O)c2sccc2C)n(C)c(=O)c(=O)n3C)cc1. The first-order chi connectivity index (χ1) is 15.3. The molecule has 0 unspecified atom stereocenters. The van der Waals surface area contributed by atoms with E-state index in [4.69, 9.17) is 9.47 Å². The van der Waals surface area contributed by atoms with Crippen LogP contribution in [0.5, 0.6) is 17.2 Å². The zero-order valence-corrected chi connectivity index (χ0v) is 18.8. The number of aryl methyl sites for hydroxylation is 3. The molecule has 0 bridgehead atoms. The number of carbonyl (C=O) groups excluding carboxylic acids is 1. The molecular formula is C23H21N3O5S. The van der Waals surface area contributed by atoms with E-state index in [1.807, 2.05) is 18.4 Å². The molecule has 4 rings (SSSR count). The van der Waals surface area contributed by atoms with Crippen LogP contribution in [0.25, 0.3) is 11.0 Å². The lowest BCUT2D eigenvalue weighted by Crippen LogP contribution is -2.39. The Morgan fingerprint density at radius 2 is 1.53 bits per heavy atom. The quantitative estimate of drug-likeness (QED) is 0.468. The minimum Gasteiger partial charge on any atom is -0.497 e. The molecule has 164 valence electrons. The number of amides is 1. The van der Waals surface area contributed by atoms with Crippen LogP contribution in [0.3, 0.4) is 0 Å². The van der Waals surface area contributed by atoms with E-state index in [2.05, 4.69) is 5.32 Å². The van der Waals surface area contributed by atoms with Crippen LogP contribution in [0.2, 0.25) is 0 Å². The number of rotatable bonds is 5. The second-order valence-corrected chi connectivity index (χ2v) is 8.15. The van der Waals surface area contributed by atoms with Crippen molar-refractivity contribution >= 4 is 34.0 Å². The monoisotopic (exact) mass is 451 g/mol. The van der Waals surface area contributed by atoms with Gasteiger partial charge in [0, 0.05) is 20.2 Å². The number of hydrogen-bond acceptors (Lipinski definition) is 6. The summed E-state index contributed by atoms with van der Waals surface area (Å²) in [5.41, 5.74) is 0.903. The molecule has 0 saturated carbocycles. The van der Waals surface area contributed by atoms with E-state index in [1.54, 1.807) is 43.5 Å². The number of nitrogens with one attached hydrogen (secondary N) is 1. The third-order valence-electron chi connectivity index (χ3n) is 5.20. The highest BCUT2D eigenvalue weighted by Gasteiger charge is 2.18. The highest BCUT2D eigenvalue weighted by atomic mass is 32.1. The van der Waals surface area contributed by atoms with Crippen LogP contribution in [0, 0.1) is 6.92 Å². The lowest BCUT2D eigenvalue weighted by atomic mass is 10.2. The van der Waals surface area contributed by atoms with Gasteiger partial charge < -0.3 is 23.9 Å². The zero-order chi connectivity index (χ0) is 23.0. The second kappa shape index (κ2) is 8.35. The molecular weight excluding hydrogens is 430 g/mol. The molecule has 0 fully saturated rings. The third-order valence-corrected chi connectivity index (χ3v) is 6.21. The minimum atomic E-state index is -0.657. The van der Waals surface area contributed by atoms with Crippen molar-refractivity contribution in [2.75, 3.05) is 12.4 Å². The number of anilines is 1. The number of ether oxygens (including phenoxy) is 2. The van der Waals surface area contributed by atoms with Gasteiger partial charge >= 0.3 is 11.1 Å². The Kier molecular flexibility index (Phi) is 5.58. The maximum absolute atomic E-state index is 12.9. The van der Waals surface area contributed by atoms with E-state index in [0.29, 0.717) is 38.8 Å². The van der Waals surface area contributed by atoms with Crippen molar-refractivity contribution in [1.29, 1.82) is 0 Å². The van der Waals surface area contributed by atoms with Gasteiger partial charge in [0.25, 0.3) is 5.91 Å². The Bertz CT molecular complexity index is 1450. The van der Waals surface area contributed by atoms with E-state index < -0.39 is 11.1 Å². The Labute approximate surface area is 187 Å². The van der Waals surface area contributed by atoms with Gasteiger partial charge in [0.05, 0.1) is 28.7 Å². The fourth-order valence-electron chi connectivity index (χ4n) is 3.34. The van der Waals surface area contributed by atoms with Crippen molar-refractivity contribution in [2.45, 2.75) is 6.92 Å². The van der Waals surface area contributed by atoms with E-state index in [9.17, 15) is 14.4 Å². The summed E-state index contributed by atoms with van der Waals surface area (Å²) >= 11 is 1.34. The summed E-state index contributed by atoms with van der Waals surface area (Å²) in [6.45, 7) is 1.86. The first kappa shape index (κ1) is 21.4. The molecule has 0 saturated heterocycles. The molecule has 0 aliphatic carbocycles. The second-order valence-electron chi connectivity index (χ2n) is 7.23. The first-order valence-corrected chi connectivity index (χ1v) is 10.6. The molecule has 32 heavy (non-hydrogen) atoms. The van der Waals surface area contributed by atoms with Crippen molar-refractivity contribution in [3.63, 3.8) is 0 Å². The van der Waals surface area contributed by atoms with E-state index >= 15 is 0 Å². The maximum atomic E-state index is 12.9. The predicted molar refractivity (Wildman–Crippen MR) is 125 cm³/mol. The average molecular weight is 452 g/mol. The molecule has 2 aromatic heterocycles. The molecule has 4 aromatic rings. The Morgan fingerprint density at radius 3 is 2.09 bits per heavy atom. The van der Waals surface area contributed by atoms with Gasteiger partial charge in [-0.15, -0.1) is 11.3 Å². The third kappa shape index (κ3) is 3.78. The van der Waals surface area contributed by atoms with E-state index in [1.165, 1.54) is 34.6 Å². The van der Waals surface area contributed by atoms with Crippen LogP contribution in [0.1, 0.15) is 15.2 Å². The fourth-order valence-corrected chi connectivity index (χ4v) is 4.16. The van der Waals surface area contributed by atoms with Crippen molar-refractivity contribution in [2.24, 2.45) is 14.1 Å². The van der Waals surface area contributed by atoms with Crippen LogP contribution in [0.4, 0.5) is 5.69 Å². The zero-order valence-electron chi connectivity index (χ0n) is 18.0. The van der Waals surface area contributed by atoms with Gasteiger partial charge in [-0.25, -0.2) is 0 Å². The molecule has 1 N–H and O–H groups in total. The van der Waals surface area contributed by atoms with E-state index in [-0.39, 0.29) is 5.91 Å². The predicted octanol–water partition coefficient (Wildman–Crippen LogP) is 3.66. The summed E-state index contributed by atoms with van der Waals surface area (Å²) in [5, 5.41) is 4.73. The van der Waals surface area contributed by atoms with Crippen molar-refractivity contribution in [3.05, 3.63) is 79.0 Å². The summed E-state index contributed by atoms with van der Waals surface area (Å²) < 4.78 is 13.8. The molecule has 0 radical (unpaired) electrons. The summed E-state index contributed by atoms with van der Waals surface area (Å²) in [6, 6.07) is 12.1. The summed E-state index contributed by atoms with van der Waals surface area (Å²) in [6.07, 6.45) is 0. The minimum absolute atomic E-state index is 0.286. The van der Waals surface area contributed by atoms with Gasteiger partial charge in [-0.1, -0.05) is 0 Å². The van der Waals surface area contributed by atoms with Crippen LogP contribution < -0.4 is 25.9 Å². The van der Waals surface area contributed by atoms with Crippen LogP contribution in [0.15, 0.2) is 57.4 Å². The fraction of sp³-hybridized carbons (Fsp3) is 0.174. The van der Waals surface area contributed by atoms with Crippen LogP contribution in [-0.2, 0) is 14.1 Å². The number of carbonyl (C=O) groups is 1. The van der Waals surface area contributed by atoms with Crippen molar-refractivity contribution in [1.82, 2.24) is 9.13 Å². The number of fused-ring (bicyclic) bond motifs is 1. The number of thiophene rings is 1. The first-order valence-electron chi connectivity index (χ1n) is 9.71. The molecule has 0 aliphatic heterocycles. The van der Waals surface area contributed by atoms with Gasteiger partial charge in [0.1, 0.15) is 11.5 Å². The largest absolute Gasteiger partial charge is 0.497 e. The molecule has 9 heteroatoms. The molecule has 0 aliphatic rings. The number of nitrogens with zero attached hydrogens (tertiary/aromatic N) is 2. The highest BCUT2D eigenvalue weighted by Crippen LogP contribution is 2.34. The molecule has 1 amide bonds. The van der Waals surface area contributed by atoms with Gasteiger partial charge in [-0.3, -0.25) is 14.4 Å². The molecule has 8 nitrogen and oxygen atoms in total. The molecule has 2 heterocycles. The Morgan fingerprint density at radius 1 is 0.938 bits per heavy atom. The van der Waals surface area contributed by atoms with Gasteiger partial charge in [0.15, 0.2) is 5.75 Å². The summed E-state index contributed by atoms with van der Waals surface area (Å²) in [7, 11) is 4.62. The van der Waals surface area contributed by atoms with Gasteiger partial charge in [-0.2, -0.15) is 0 Å². The topological polar surface area (TPSA) is 91.6 Å². The van der Waals surface area contributed by atoms with Gasteiger partial charge in [0.2, 0.25) is 0 Å². The summed E-state index contributed by atoms with van der Waals surface area (Å²) in [5.74, 6) is 1.24. The summed E-state index contributed by atoms with van der Waals surface area (Å²) in [4.78, 5) is 38.1. The average Bonchev–Trinajstić information content (AvgIpc) is 3.23. The highest BCUT2D eigenvalue weighted by molar-refractivity contribution is 7.12. The van der Waals surface area contributed by atoms with Gasteiger partial charge in [-0.05, 0) is 54.3 Å².